The largest absolute Gasteiger partial charge is 0.356 e. The first-order valence-electron chi connectivity index (χ1n) is 8.13. The molecule has 0 aliphatic rings. The molecule has 0 atom stereocenters. The van der Waals surface area contributed by atoms with Crippen molar-refractivity contribution in [2.45, 2.75) is 19.8 Å². The standard InChI is InChI=1S/C17H23N3O3S2/c1-3-25(22,23)20(2)11-7-10-18-16(21)12-15-13-24-17(19-15)14-8-5-4-6-9-14/h4-6,8-9,13H,3,7,10-12H2,1-2H3,(H,18,21). The van der Waals surface area contributed by atoms with Gasteiger partial charge >= 0.3 is 0 Å². The van der Waals surface area contributed by atoms with Crippen molar-refractivity contribution in [2.75, 3.05) is 25.9 Å². The Morgan fingerprint density at radius 1 is 1.28 bits per heavy atom. The Kier molecular flexibility index (Phi) is 7.10. The fraction of sp³-hybridized carbons (Fsp3) is 0.412. The van der Waals surface area contributed by atoms with E-state index in [9.17, 15) is 13.2 Å². The number of benzene rings is 1. The topological polar surface area (TPSA) is 79.4 Å². The van der Waals surface area contributed by atoms with Gasteiger partial charge in [0.2, 0.25) is 15.9 Å². The zero-order chi connectivity index (χ0) is 18.3. The summed E-state index contributed by atoms with van der Waals surface area (Å²) in [6.45, 7) is 2.45. The fourth-order valence-electron chi connectivity index (χ4n) is 2.22. The van der Waals surface area contributed by atoms with Crippen LogP contribution in [0.25, 0.3) is 10.6 Å². The average molecular weight is 382 g/mol. The highest BCUT2D eigenvalue weighted by Crippen LogP contribution is 2.23. The second-order valence-electron chi connectivity index (χ2n) is 5.61. The summed E-state index contributed by atoms with van der Waals surface area (Å²) in [5.41, 5.74) is 1.78. The van der Waals surface area contributed by atoms with Crippen molar-refractivity contribution in [2.24, 2.45) is 0 Å². The maximum atomic E-state index is 12.0. The van der Waals surface area contributed by atoms with E-state index < -0.39 is 10.0 Å². The van der Waals surface area contributed by atoms with Crippen LogP contribution >= 0.6 is 11.3 Å². The highest BCUT2D eigenvalue weighted by molar-refractivity contribution is 7.89. The van der Waals surface area contributed by atoms with Crippen molar-refractivity contribution in [1.29, 1.82) is 0 Å². The first-order chi connectivity index (χ1) is 11.9. The molecule has 1 N–H and O–H groups in total. The first-order valence-corrected chi connectivity index (χ1v) is 10.6. The molecule has 0 bridgehead atoms. The van der Waals surface area contributed by atoms with Crippen molar-refractivity contribution in [1.82, 2.24) is 14.6 Å². The van der Waals surface area contributed by atoms with Crippen LogP contribution < -0.4 is 5.32 Å². The van der Waals surface area contributed by atoms with Gasteiger partial charge in [-0.3, -0.25) is 4.79 Å². The van der Waals surface area contributed by atoms with Crippen molar-refractivity contribution >= 4 is 27.3 Å². The third kappa shape index (κ3) is 5.91. The monoisotopic (exact) mass is 381 g/mol. The lowest BCUT2D eigenvalue weighted by molar-refractivity contribution is -0.120. The van der Waals surface area contributed by atoms with Crippen molar-refractivity contribution in [3.63, 3.8) is 0 Å². The molecule has 0 aliphatic carbocycles. The number of hydrogen-bond acceptors (Lipinski definition) is 5. The van der Waals surface area contributed by atoms with E-state index in [0.29, 0.717) is 19.5 Å². The summed E-state index contributed by atoms with van der Waals surface area (Å²) >= 11 is 1.52. The third-order valence-corrected chi connectivity index (χ3v) is 6.53. The molecule has 1 amide bonds. The molecule has 8 heteroatoms. The van der Waals surface area contributed by atoms with Gasteiger partial charge in [-0.1, -0.05) is 30.3 Å². The molecule has 0 saturated carbocycles. The number of thiazole rings is 1. The van der Waals surface area contributed by atoms with Gasteiger partial charge in [-0.05, 0) is 13.3 Å². The van der Waals surface area contributed by atoms with Crippen LogP contribution in [0.3, 0.4) is 0 Å². The Bertz CT molecular complexity index is 788. The van der Waals surface area contributed by atoms with Gasteiger partial charge in [0.15, 0.2) is 0 Å². The predicted octanol–water partition coefficient (Wildman–Crippen LogP) is 2.14. The number of carbonyl (C=O) groups is 1. The lowest BCUT2D eigenvalue weighted by Crippen LogP contribution is -2.32. The maximum absolute atomic E-state index is 12.0. The molecule has 0 unspecified atom stereocenters. The summed E-state index contributed by atoms with van der Waals surface area (Å²) in [5.74, 6) is -0.0189. The summed E-state index contributed by atoms with van der Waals surface area (Å²) in [4.78, 5) is 16.5. The highest BCUT2D eigenvalue weighted by Gasteiger charge is 2.14. The number of nitrogens with one attached hydrogen (secondary N) is 1. The average Bonchev–Trinajstić information content (AvgIpc) is 3.07. The van der Waals surface area contributed by atoms with Crippen LogP contribution in [0.5, 0.6) is 0 Å². The third-order valence-electron chi connectivity index (χ3n) is 3.73. The van der Waals surface area contributed by atoms with Gasteiger partial charge in [0, 0.05) is 31.1 Å². The summed E-state index contributed by atoms with van der Waals surface area (Å²) in [7, 11) is -1.60. The van der Waals surface area contributed by atoms with E-state index in [0.717, 1.165) is 16.3 Å². The molecular weight excluding hydrogens is 358 g/mol. The smallest absolute Gasteiger partial charge is 0.226 e. The minimum atomic E-state index is -3.16. The number of sulfonamides is 1. The summed E-state index contributed by atoms with van der Waals surface area (Å²) in [6, 6.07) is 9.85. The number of aromatic nitrogens is 1. The number of amides is 1. The highest BCUT2D eigenvalue weighted by atomic mass is 32.2. The zero-order valence-corrected chi connectivity index (χ0v) is 16.1. The maximum Gasteiger partial charge on any atom is 0.226 e. The lowest BCUT2D eigenvalue weighted by atomic mass is 10.2. The predicted molar refractivity (Wildman–Crippen MR) is 101 cm³/mol. The molecule has 2 rings (SSSR count). The van der Waals surface area contributed by atoms with Gasteiger partial charge in [-0.25, -0.2) is 17.7 Å². The second kappa shape index (κ2) is 9.07. The van der Waals surface area contributed by atoms with Crippen molar-refractivity contribution in [3.05, 3.63) is 41.4 Å². The molecule has 1 aromatic carbocycles. The molecule has 6 nitrogen and oxygen atoms in total. The van der Waals surface area contributed by atoms with Gasteiger partial charge in [0.25, 0.3) is 0 Å². The molecule has 1 aromatic heterocycles. The van der Waals surface area contributed by atoms with Crippen LogP contribution in [0.1, 0.15) is 19.0 Å². The number of nitrogens with zero attached hydrogens (tertiary/aromatic N) is 2. The van der Waals surface area contributed by atoms with E-state index >= 15 is 0 Å². The van der Waals surface area contributed by atoms with Crippen molar-refractivity contribution in [3.8, 4) is 10.6 Å². The van der Waals surface area contributed by atoms with Crippen LogP contribution in [0.4, 0.5) is 0 Å². The van der Waals surface area contributed by atoms with E-state index in [1.54, 1.807) is 14.0 Å². The van der Waals surface area contributed by atoms with E-state index in [4.69, 9.17) is 0 Å². The zero-order valence-electron chi connectivity index (χ0n) is 14.4. The Morgan fingerprint density at radius 2 is 2.00 bits per heavy atom. The molecule has 0 aliphatic heterocycles. The van der Waals surface area contributed by atoms with Crippen LogP contribution in [0, 0.1) is 0 Å². The Hall–Kier alpha value is -1.77. The van der Waals surface area contributed by atoms with Crippen LogP contribution in [0.2, 0.25) is 0 Å². The van der Waals surface area contributed by atoms with Crippen molar-refractivity contribution < 1.29 is 13.2 Å². The molecule has 2 aromatic rings. The quantitative estimate of drug-likeness (QED) is 0.675. The molecular formula is C17H23N3O3S2. The van der Waals surface area contributed by atoms with Gasteiger partial charge in [0.1, 0.15) is 5.01 Å². The molecule has 0 radical (unpaired) electrons. The SMILES string of the molecule is CCS(=O)(=O)N(C)CCCNC(=O)Cc1csc(-c2ccccc2)n1. The normalized spacial score (nSPS) is 11.6. The van der Waals surface area contributed by atoms with Gasteiger partial charge in [-0.2, -0.15) is 0 Å². The first kappa shape index (κ1) is 19.6. The summed E-state index contributed by atoms with van der Waals surface area (Å²) in [6.07, 6.45) is 0.806. The Morgan fingerprint density at radius 3 is 2.68 bits per heavy atom. The molecule has 1 heterocycles. The minimum Gasteiger partial charge on any atom is -0.356 e. The lowest BCUT2D eigenvalue weighted by Gasteiger charge is -2.15. The number of hydrogen-bond donors (Lipinski definition) is 1. The molecule has 0 spiro atoms. The summed E-state index contributed by atoms with van der Waals surface area (Å²) in [5, 5.41) is 5.60. The second-order valence-corrected chi connectivity index (χ2v) is 8.84. The van der Waals surface area contributed by atoms with Gasteiger partial charge in [-0.15, -0.1) is 11.3 Å². The van der Waals surface area contributed by atoms with Gasteiger partial charge in [0.05, 0.1) is 17.9 Å². The number of carbonyl (C=O) groups excluding carboxylic acids is 1. The Labute approximate surface area is 153 Å². The Balaban J connectivity index is 1.75. The van der Waals surface area contributed by atoms with Crippen LogP contribution in [-0.4, -0.2) is 49.5 Å². The molecule has 0 saturated heterocycles. The van der Waals surface area contributed by atoms with Gasteiger partial charge < -0.3 is 5.32 Å². The van der Waals surface area contributed by atoms with Crippen LogP contribution in [-0.2, 0) is 21.2 Å². The molecule has 0 fully saturated rings. The number of rotatable bonds is 9. The molecule has 136 valence electrons. The minimum absolute atomic E-state index is 0.0867. The summed E-state index contributed by atoms with van der Waals surface area (Å²) < 4.78 is 24.6. The van der Waals surface area contributed by atoms with E-state index in [1.165, 1.54) is 15.6 Å². The molecule has 25 heavy (non-hydrogen) atoms. The van der Waals surface area contributed by atoms with E-state index in [1.807, 2.05) is 35.7 Å². The van der Waals surface area contributed by atoms with Crippen LogP contribution in [0.15, 0.2) is 35.7 Å². The van der Waals surface area contributed by atoms with E-state index in [2.05, 4.69) is 10.3 Å². The van der Waals surface area contributed by atoms with E-state index in [-0.39, 0.29) is 18.1 Å². The fourth-order valence-corrected chi connectivity index (χ4v) is 3.89.